The van der Waals surface area contributed by atoms with Gasteiger partial charge in [0.15, 0.2) is 5.65 Å². The van der Waals surface area contributed by atoms with Crippen LogP contribution in [0.3, 0.4) is 0 Å². The van der Waals surface area contributed by atoms with Gasteiger partial charge >= 0.3 is 0 Å². The molecule has 0 spiro atoms. The first-order valence-corrected chi connectivity index (χ1v) is 9.66. The number of nitrogens with zero attached hydrogens (tertiary/aromatic N) is 6. The molecule has 1 aliphatic heterocycles. The largest absolute Gasteiger partial charge is 0.364 e. The third-order valence-electron chi connectivity index (χ3n) is 4.53. The Hall–Kier alpha value is -2.06. The van der Waals surface area contributed by atoms with Crippen molar-refractivity contribution >= 4 is 22.7 Å². The topological polar surface area (TPSA) is 68.4 Å². The SMILES string of the molecule is CC1(C)CN(c2ccc3nnnn3c2)C[C@H](c2nc(C(C)(C)C)cs2)O1. The van der Waals surface area contributed by atoms with E-state index in [2.05, 4.69) is 66.5 Å². The molecule has 0 radical (unpaired) electrons. The summed E-state index contributed by atoms with van der Waals surface area (Å²) in [5, 5.41) is 14.9. The Labute approximate surface area is 157 Å². The molecule has 0 amide bonds. The molecule has 26 heavy (non-hydrogen) atoms. The summed E-state index contributed by atoms with van der Waals surface area (Å²) >= 11 is 1.68. The van der Waals surface area contributed by atoms with Gasteiger partial charge in [0.2, 0.25) is 0 Å². The average Bonchev–Trinajstić information content (AvgIpc) is 3.21. The Morgan fingerprint density at radius 2 is 2.08 bits per heavy atom. The van der Waals surface area contributed by atoms with Gasteiger partial charge in [-0.05, 0) is 36.4 Å². The van der Waals surface area contributed by atoms with Crippen LogP contribution in [0.25, 0.3) is 5.65 Å². The van der Waals surface area contributed by atoms with E-state index in [4.69, 9.17) is 9.72 Å². The van der Waals surface area contributed by atoms with E-state index >= 15 is 0 Å². The number of ether oxygens (including phenoxy) is 1. The van der Waals surface area contributed by atoms with Crippen LogP contribution in [0, 0.1) is 0 Å². The summed E-state index contributed by atoms with van der Waals surface area (Å²) in [6, 6.07) is 4.00. The zero-order chi connectivity index (χ0) is 18.5. The van der Waals surface area contributed by atoms with Crippen molar-refractivity contribution in [3.05, 3.63) is 34.4 Å². The lowest BCUT2D eigenvalue weighted by molar-refractivity contribution is -0.0856. The minimum atomic E-state index is -0.272. The van der Waals surface area contributed by atoms with E-state index in [1.165, 1.54) is 0 Å². The van der Waals surface area contributed by atoms with Crippen molar-refractivity contribution in [2.75, 3.05) is 18.0 Å². The van der Waals surface area contributed by atoms with Crippen LogP contribution < -0.4 is 4.90 Å². The van der Waals surface area contributed by atoms with E-state index in [1.807, 2.05) is 12.3 Å². The lowest BCUT2D eigenvalue weighted by Gasteiger charge is -2.43. The molecule has 1 fully saturated rings. The van der Waals surface area contributed by atoms with Crippen LogP contribution in [-0.4, -0.2) is 43.7 Å². The van der Waals surface area contributed by atoms with E-state index in [9.17, 15) is 0 Å². The molecule has 1 aliphatic rings. The third kappa shape index (κ3) is 3.31. The summed E-state index contributed by atoms with van der Waals surface area (Å²) < 4.78 is 8.07. The van der Waals surface area contributed by atoms with Crippen LogP contribution in [0.1, 0.15) is 51.4 Å². The Morgan fingerprint density at radius 1 is 1.27 bits per heavy atom. The fourth-order valence-corrected chi connectivity index (χ4v) is 4.27. The standard InChI is InChI=1S/C18H24N6OS/c1-17(2,3)14-10-26-16(19-14)13-9-23(11-18(4,5)25-13)12-6-7-15-20-21-22-24(15)8-12/h6-8,10,13H,9,11H2,1-5H3/t13-/m1/s1. The number of aromatic nitrogens is 5. The fourth-order valence-electron chi connectivity index (χ4n) is 3.21. The Kier molecular flexibility index (Phi) is 4.00. The molecule has 4 rings (SSSR count). The maximum atomic E-state index is 6.37. The molecule has 1 atom stereocenters. The molecule has 8 heteroatoms. The lowest BCUT2D eigenvalue weighted by atomic mass is 9.93. The summed E-state index contributed by atoms with van der Waals surface area (Å²) in [7, 11) is 0. The first-order valence-electron chi connectivity index (χ1n) is 8.78. The Morgan fingerprint density at radius 3 is 2.81 bits per heavy atom. The molecule has 1 saturated heterocycles. The molecule has 138 valence electrons. The average molecular weight is 372 g/mol. The number of morpholine rings is 1. The molecule has 0 saturated carbocycles. The van der Waals surface area contributed by atoms with Gasteiger partial charge in [-0.25, -0.2) is 4.98 Å². The Bertz CT molecular complexity index is 925. The van der Waals surface area contributed by atoms with E-state index in [-0.39, 0.29) is 17.1 Å². The summed E-state index contributed by atoms with van der Waals surface area (Å²) in [6.45, 7) is 12.4. The van der Waals surface area contributed by atoms with Crippen molar-refractivity contribution < 1.29 is 4.74 Å². The molecule has 7 nitrogen and oxygen atoms in total. The van der Waals surface area contributed by atoms with Crippen molar-refractivity contribution in [3.8, 4) is 0 Å². The number of hydrogen-bond acceptors (Lipinski definition) is 7. The normalized spacial score (nSPS) is 20.7. The van der Waals surface area contributed by atoms with E-state index in [1.54, 1.807) is 15.9 Å². The summed E-state index contributed by atoms with van der Waals surface area (Å²) in [5.74, 6) is 0. The molecule has 0 aromatic carbocycles. The molecule has 0 unspecified atom stereocenters. The lowest BCUT2D eigenvalue weighted by Crippen LogP contribution is -2.49. The van der Waals surface area contributed by atoms with Gasteiger partial charge in [0.25, 0.3) is 0 Å². The van der Waals surface area contributed by atoms with Crippen LogP contribution >= 0.6 is 11.3 Å². The minimum absolute atomic E-state index is 0.0454. The van der Waals surface area contributed by atoms with Crippen molar-refractivity contribution in [3.63, 3.8) is 0 Å². The molecular weight excluding hydrogens is 348 g/mol. The molecule has 4 heterocycles. The number of rotatable bonds is 2. The summed E-state index contributed by atoms with van der Waals surface area (Å²) in [6.07, 6.45) is 1.92. The predicted molar refractivity (Wildman–Crippen MR) is 102 cm³/mol. The van der Waals surface area contributed by atoms with Gasteiger partial charge in [-0.3, -0.25) is 0 Å². The van der Waals surface area contributed by atoms with Crippen molar-refractivity contribution in [1.29, 1.82) is 0 Å². The maximum absolute atomic E-state index is 6.37. The van der Waals surface area contributed by atoms with E-state index in [0.29, 0.717) is 0 Å². The van der Waals surface area contributed by atoms with E-state index < -0.39 is 0 Å². The highest BCUT2D eigenvalue weighted by Crippen LogP contribution is 2.36. The number of fused-ring (bicyclic) bond motifs is 1. The van der Waals surface area contributed by atoms with Crippen molar-refractivity contribution in [1.82, 2.24) is 25.0 Å². The van der Waals surface area contributed by atoms with Gasteiger partial charge in [-0.15, -0.1) is 16.4 Å². The van der Waals surface area contributed by atoms with Gasteiger partial charge in [0.05, 0.1) is 29.7 Å². The Balaban J connectivity index is 1.64. The van der Waals surface area contributed by atoms with Crippen molar-refractivity contribution in [2.45, 2.75) is 51.7 Å². The zero-order valence-corrected chi connectivity index (χ0v) is 16.6. The van der Waals surface area contributed by atoms with E-state index in [0.717, 1.165) is 35.1 Å². The second-order valence-electron chi connectivity index (χ2n) is 8.44. The summed E-state index contributed by atoms with van der Waals surface area (Å²) in [5.41, 5.74) is 2.72. The van der Waals surface area contributed by atoms with Crippen LogP contribution in [0.2, 0.25) is 0 Å². The quantitative estimate of drug-likeness (QED) is 0.688. The smallest absolute Gasteiger partial charge is 0.179 e. The third-order valence-corrected chi connectivity index (χ3v) is 5.46. The highest BCUT2D eigenvalue weighted by atomic mass is 32.1. The molecule has 0 aliphatic carbocycles. The van der Waals surface area contributed by atoms with Crippen LogP contribution in [0.5, 0.6) is 0 Å². The van der Waals surface area contributed by atoms with Gasteiger partial charge in [-0.1, -0.05) is 20.8 Å². The maximum Gasteiger partial charge on any atom is 0.179 e. The first kappa shape index (κ1) is 17.4. The molecular formula is C18H24N6OS. The molecule has 0 bridgehead atoms. The highest BCUT2D eigenvalue weighted by Gasteiger charge is 2.36. The second kappa shape index (κ2) is 5.99. The number of tetrazole rings is 1. The number of thiazole rings is 1. The molecule has 0 N–H and O–H groups in total. The summed E-state index contributed by atoms with van der Waals surface area (Å²) in [4.78, 5) is 7.20. The zero-order valence-electron chi connectivity index (χ0n) is 15.8. The molecule has 3 aromatic rings. The number of anilines is 1. The van der Waals surface area contributed by atoms with Crippen LogP contribution in [0.4, 0.5) is 5.69 Å². The van der Waals surface area contributed by atoms with Gasteiger partial charge in [0.1, 0.15) is 11.1 Å². The second-order valence-corrected chi connectivity index (χ2v) is 9.33. The monoisotopic (exact) mass is 372 g/mol. The first-order chi connectivity index (χ1) is 12.2. The highest BCUT2D eigenvalue weighted by molar-refractivity contribution is 7.09. The van der Waals surface area contributed by atoms with Gasteiger partial charge < -0.3 is 9.64 Å². The van der Waals surface area contributed by atoms with Crippen LogP contribution in [-0.2, 0) is 10.2 Å². The number of pyridine rings is 1. The van der Waals surface area contributed by atoms with Gasteiger partial charge in [0, 0.05) is 17.3 Å². The predicted octanol–water partition coefficient (Wildman–Crippen LogP) is 3.23. The van der Waals surface area contributed by atoms with Crippen LogP contribution in [0.15, 0.2) is 23.7 Å². The fraction of sp³-hybridized carbons (Fsp3) is 0.556. The number of hydrogen-bond donors (Lipinski definition) is 0. The van der Waals surface area contributed by atoms with Gasteiger partial charge in [-0.2, -0.15) is 4.52 Å². The molecule has 3 aromatic heterocycles. The van der Waals surface area contributed by atoms with Crippen molar-refractivity contribution in [2.24, 2.45) is 0 Å². The minimum Gasteiger partial charge on any atom is -0.364 e.